The van der Waals surface area contributed by atoms with Gasteiger partial charge in [-0.15, -0.1) is 0 Å². The lowest BCUT2D eigenvalue weighted by Gasteiger charge is -2.22. The molecule has 0 saturated carbocycles. The van der Waals surface area contributed by atoms with Gasteiger partial charge in [-0.2, -0.15) is 0 Å². The third-order valence-electron chi connectivity index (χ3n) is 1.89. The third-order valence-corrected chi connectivity index (χ3v) is 1.89. The Hall–Kier alpha value is -1.30. The van der Waals surface area contributed by atoms with Crippen LogP contribution < -0.4 is 11.1 Å². The molecule has 0 radical (unpaired) electrons. The van der Waals surface area contributed by atoms with E-state index in [1.54, 1.807) is 20.8 Å². The van der Waals surface area contributed by atoms with Gasteiger partial charge in [0.15, 0.2) is 0 Å². The van der Waals surface area contributed by atoms with E-state index in [0.717, 1.165) is 0 Å². The van der Waals surface area contributed by atoms with Crippen molar-refractivity contribution in [2.24, 2.45) is 5.73 Å². The Kier molecular flexibility index (Phi) is 6.68. The molecule has 3 N–H and O–H groups in total. The van der Waals surface area contributed by atoms with Crippen LogP contribution in [0.15, 0.2) is 0 Å². The molecule has 0 aliphatic carbocycles. The van der Waals surface area contributed by atoms with Gasteiger partial charge in [-0.05, 0) is 34.6 Å². The number of ether oxygens (including phenoxy) is 2. The molecule has 6 heteroatoms. The Balaban J connectivity index is 4.19. The highest BCUT2D eigenvalue weighted by Gasteiger charge is 2.22. The highest BCUT2D eigenvalue weighted by atomic mass is 16.6. The number of carbonyl (C=O) groups excluding carboxylic acids is 2. The molecular weight excluding hydrogens is 236 g/mol. The van der Waals surface area contributed by atoms with Gasteiger partial charge in [-0.3, -0.25) is 4.79 Å². The Morgan fingerprint density at radius 2 is 1.83 bits per heavy atom. The highest BCUT2D eigenvalue weighted by Crippen LogP contribution is 2.07. The first kappa shape index (κ1) is 16.7. The first-order valence-electron chi connectivity index (χ1n) is 6.02. The maximum atomic E-state index is 11.5. The lowest BCUT2D eigenvalue weighted by molar-refractivity contribution is -0.120. The first-order valence-corrected chi connectivity index (χ1v) is 6.02. The number of nitrogens with two attached hydrogens (primary N) is 1. The number of hydrogen-bond acceptors (Lipinski definition) is 4. The van der Waals surface area contributed by atoms with Crippen molar-refractivity contribution in [3.63, 3.8) is 0 Å². The Morgan fingerprint density at radius 3 is 2.22 bits per heavy atom. The van der Waals surface area contributed by atoms with Crippen LogP contribution >= 0.6 is 0 Å². The van der Waals surface area contributed by atoms with Crippen LogP contribution in [0.2, 0.25) is 0 Å². The first-order chi connectivity index (χ1) is 8.11. The van der Waals surface area contributed by atoms with Gasteiger partial charge in [-0.1, -0.05) is 0 Å². The zero-order valence-electron chi connectivity index (χ0n) is 11.8. The summed E-state index contributed by atoms with van der Waals surface area (Å²) >= 11 is 0. The summed E-state index contributed by atoms with van der Waals surface area (Å²) in [5, 5.41) is 2.43. The van der Waals surface area contributed by atoms with Crippen LogP contribution in [0.25, 0.3) is 0 Å². The molecule has 0 unspecified atom stereocenters. The summed E-state index contributed by atoms with van der Waals surface area (Å²) in [6.45, 7) is 9.36. The van der Waals surface area contributed by atoms with E-state index in [9.17, 15) is 9.59 Å². The lowest BCUT2D eigenvalue weighted by atomic mass is 10.2. The van der Waals surface area contributed by atoms with Crippen LogP contribution in [0.3, 0.4) is 0 Å². The summed E-state index contributed by atoms with van der Waals surface area (Å²) in [6, 6.07) is -0.779. The topological polar surface area (TPSA) is 90.7 Å². The summed E-state index contributed by atoms with van der Waals surface area (Å²) in [6.07, 6.45) is -0.261. The molecule has 18 heavy (non-hydrogen) atoms. The molecule has 106 valence electrons. The van der Waals surface area contributed by atoms with Crippen LogP contribution in [0.5, 0.6) is 0 Å². The predicted octanol–water partition coefficient (Wildman–Crippen LogP) is 1.18. The van der Waals surface area contributed by atoms with Gasteiger partial charge in [-0.25, -0.2) is 4.79 Å². The fourth-order valence-corrected chi connectivity index (χ4v) is 1.16. The summed E-state index contributed by atoms with van der Waals surface area (Å²) in [7, 11) is 0. The van der Waals surface area contributed by atoms with Crippen molar-refractivity contribution in [1.29, 1.82) is 0 Å². The molecule has 0 aromatic carbocycles. The van der Waals surface area contributed by atoms with E-state index >= 15 is 0 Å². The van der Waals surface area contributed by atoms with Crippen molar-refractivity contribution in [1.82, 2.24) is 5.32 Å². The second kappa shape index (κ2) is 7.20. The molecule has 0 aliphatic rings. The van der Waals surface area contributed by atoms with E-state index in [4.69, 9.17) is 15.2 Å². The van der Waals surface area contributed by atoms with E-state index in [0.29, 0.717) is 13.0 Å². The van der Waals surface area contributed by atoms with Crippen molar-refractivity contribution in [2.75, 3.05) is 6.61 Å². The molecule has 0 rings (SSSR count). The largest absolute Gasteiger partial charge is 0.444 e. The van der Waals surface area contributed by atoms with Crippen LogP contribution in [-0.2, 0) is 14.3 Å². The molecular formula is C12H24N2O4. The summed E-state index contributed by atoms with van der Waals surface area (Å²) in [5.74, 6) is -0.604. The van der Waals surface area contributed by atoms with Crippen molar-refractivity contribution in [3.05, 3.63) is 0 Å². The van der Waals surface area contributed by atoms with E-state index in [1.807, 2.05) is 13.8 Å². The Labute approximate surface area is 108 Å². The van der Waals surface area contributed by atoms with Gasteiger partial charge in [0.25, 0.3) is 0 Å². The smallest absolute Gasteiger partial charge is 0.408 e. The zero-order chi connectivity index (χ0) is 14.3. The predicted molar refractivity (Wildman–Crippen MR) is 68.1 cm³/mol. The minimum Gasteiger partial charge on any atom is -0.444 e. The minimum absolute atomic E-state index is 0.0695. The van der Waals surface area contributed by atoms with E-state index in [-0.39, 0.29) is 6.10 Å². The molecule has 1 atom stereocenters. The fourth-order valence-electron chi connectivity index (χ4n) is 1.16. The van der Waals surface area contributed by atoms with Gasteiger partial charge in [0.2, 0.25) is 5.91 Å². The minimum atomic E-state index is -0.779. The standard InChI is InChI=1S/C12H24N2O4/c1-8(2)17-7-6-9(10(13)15)14-11(16)18-12(3,4)5/h8-9H,6-7H2,1-5H3,(H2,13,15)(H,14,16)/t9-/m0/s1. The summed E-state index contributed by atoms with van der Waals surface area (Å²) in [5.41, 5.74) is 4.59. The quantitative estimate of drug-likeness (QED) is 0.750. The maximum Gasteiger partial charge on any atom is 0.408 e. The lowest BCUT2D eigenvalue weighted by Crippen LogP contribution is -2.46. The van der Waals surface area contributed by atoms with Crippen LogP contribution in [0.4, 0.5) is 4.79 Å². The number of carbonyl (C=O) groups is 2. The maximum absolute atomic E-state index is 11.5. The third kappa shape index (κ3) is 8.81. The Bertz CT molecular complexity index is 284. The van der Waals surface area contributed by atoms with Crippen LogP contribution in [0.1, 0.15) is 41.0 Å². The van der Waals surface area contributed by atoms with E-state index < -0.39 is 23.6 Å². The summed E-state index contributed by atoms with van der Waals surface area (Å²) in [4.78, 5) is 22.7. The molecule has 0 heterocycles. The molecule has 6 nitrogen and oxygen atoms in total. The molecule has 0 saturated heterocycles. The highest BCUT2D eigenvalue weighted by molar-refractivity contribution is 5.84. The number of amides is 2. The van der Waals surface area contributed by atoms with E-state index in [2.05, 4.69) is 5.32 Å². The van der Waals surface area contributed by atoms with E-state index in [1.165, 1.54) is 0 Å². The average Bonchev–Trinajstić information content (AvgIpc) is 2.12. The molecule has 0 aliphatic heterocycles. The summed E-state index contributed by atoms with van der Waals surface area (Å²) < 4.78 is 10.4. The Morgan fingerprint density at radius 1 is 1.28 bits per heavy atom. The van der Waals surface area contributed by atoms with Crippen LogP contribution in [0, 0.1) is 0 Å². The molecule has 2 amide bonds. The monoisotopic (exact) mass is 260 g/mol. The second-order valence-electron chi connectivity index (χ2n) is 5.31. The SMILES string of the molecule is CC(C)OCC[C@H](NC(=O)OC(C)(C)C)C(N)=O. The second-order valence-corrected chi connectivity index (χ2v) is 5.31. The number of hydrogen-bond donors (Lipinski definition) is 2. The molecule has 0 aromatic heterocycles. The van der Waals surface area contributed by atoms with Crippen LogP contribution in [-0.4, -0.2) is 36.4 Å². The average molecular weight is 260 g/mol. The normalized spacial score (nSPS) is 13.2. The molecule has 0 bridgehead atoms. The zero-order valence-corrected chi connectivity index (χ0v) is 11.8. The number of nitrogens with one attached hydrogen (secondary N) is 1. The van der Waals surface area contributed by atoms with Crippen molar-refractivity contribution in [2.45, 2.75) is 58.8 Å². The molecule has 0 aromatic rings. The van der Waals surface area contributed by atoms with Crippen molar-refractivity contribution < 1.29 is 19.1 Å². The number of primary amides is 1. The molecule has 0 fully saturated rings. The van der Waals surface area contributed by atoms with Gasteiger partial charge < -0.3 is 20.5 Å². The van der Waals surface area contributed by atoms with Crippen molar-refractivity contribution in [3.8, 4) is 0 Å². The van der Waals surface area contributed by atoms with Gasteiger partial charge in [0, 0.05) is 13.0 Å². The number of rotatable bonds is 6. The fraction of sp³-hybridized carbons (Fsp3) is 0.833. The van der Waals surface area contributed by atoms with Crippen molar-refractivity contribution >= 4 is 12.0 Å². The number of alkyl carbamates (subject to hydrolysis) is 1. The van der Waals surface area contributed by atoms with Gasteiger partial charge in [0.05, 0.1) is 6.10 Å². The molecule has 0 spiro atoms. The van der Waals surface area contributed by atoms with Gasteiger partial charge >= 0.3 is 6.09 Å². The van der Waals surface area contributed by atoms with Gasteiger partial charge in [0.1, 0.15) is 11.6 Å².